The molecule has 0 spiro atoms. The van der Waals surface area contributed by atoms with Gasteiger partial charge in [0.15, 0.2) is 5.69 Å². The topological polar surface area (TPSA) is 24.9 Å². The standard InChI is InChI=1S/C13H12F4N2S/c1-7-3-4-8(14)5-9(7)12-19-11(13(15,16)17)10(20-12)6-18-2/h3-5,18H,6H2,1-2H3. The molecule has 0 atom stereocenters. The lowest BCUT2D eigenvalue weighted by Gasteiger charge is -2.05. The smallest absolute Gasteiger partial charge is 0.315 e. The van der Waals surface area contributed by atoms with Crippen LogP contribution >= 0.6 is 11.3 Å². The van der Waals surface area contributed by atoms with Gasteiger partial charge in [-0.2, -0.15) is 13.2 Å². The predicted molar refractivity (Wildman–Crippen MR) is 70.0 cm³/mol. The first-order valence-electron chi connectivity index (χ1n) is 5.81. The molecule has 0 aliphatic rings. The van der Waals surface area contributed by atoms with Gasteiger partial charge in [-0.05, 0) is 31.7 Å². The lowest BCUT2D eigenvalue weighted by molar-refractivity contribution is -0.141. The van der Waals surface area contributed by atoms with E-state index in [1.165, 1.54) is 18.2 Å². The summed E-state index contributed by atoms with van der Waals surface area (Å²) in [6.07, 6.45) is -4.51. The zero-order valence-corrected chi connectivity index (χ0v) is 11.6. The molecular formula is C13H12F4N2S. The van der Waals surface area contributed by atoms with Gasteiger partial charge >= 0.3 is 6.18 Å². The molecule has 0 bridgehead atoms. The van der Waals surface area contributed by atoms with E-state index in [9.17, 15) is 17.6 Å². The van der Waals surface area contributed by atoms with Crippen LogP contribution in [0.3, 0.4) is 0 Å². The fraction of sp³-hybridized carbons (Fsp3) is 0.308. The second-order valence-corrected chi connectivity index (χ2v) is 5.36. The fourth-order valence-electron chi connectivity index (χ4n) is 1.79. The molecule has 0 radical (unpaired) electrons. The summed E-state index contributed by atoms with van der Waals surface area (Å²) in [5.41, 5.74) is 0.170. The van der Waals surface area contributed by atoms with Crippen molar-refractivity contribution in [1.29, 1.82) is 0 Å². The minimum Gasteiger partial charge on any atom is -0.315 e. The second-order valence-electron chi connectivity index (χ2n) is 4.28. The SMILES string of the molecule is CNCc1sc(-c2cc(F)ccc2C)nc1C(F)(F)F. The Balaban J connectivity index is 2.55. The van der Waals surface area contributed by atoms with E-state index in [2.05, 4.69) is 10.3 Å². The Morgan fingerprint density at radius 2 is 2.00 bits per heavy atom. The molecule has 1 N–H and O–H groups in total. The Hall–Kier alpha value is -1.47. The van der Waals surface area contributed by atoms with Gasteiger partial charge in [0, 0.05) is 12.1 Å². The van der Waals surface area contributed by atoms with Crippen molar-refractivity contribution >= 4 is 11.3 Å². The van der Waals surface area contributed by atoms with Crippen LogP contribution < -0.4 is 5.32 Å². The summed E-state index contributed by atoms with van der Waals surface area (Å²) in [5, 5.41) is 2.86. The summed E-state index contributed by atoms with van der Waals surface area (Å²) in [4.78, 5) is 3.76. The first-order chi connectivity index (χ1) is 9.32. The number of hydrogen-bond acceptors (Lipinski definition) is 3. The second kappa shape index (κ2) is 5.49. The summed E-state index contributed by atoms with van der Waals surface area (Å²) in [5.74, 6) is -0.496. The Bertz CT molecular complexity index is 619. The van der Waals surface area contributed by atoms with E-state index in [1.807, 2.05) is 0 Å². The molecule has 1 aromatic carbocycles. The highest BCUT2D eigenvalue weighted by molar-refractivity contribution is 7.15. The van der Waals surface area contributed by atoms with Crippen LogP contribution in [0, 0.1) is 12.7 Å². The van der Waals surface area contributed by atoms with Gasteiger partial charge in [0.25, 0.3) is 0 Å². The van der Waals surface area contributed by atoms with Gasteiger partial charge in [0.2, 0.25) is 0 Å². The number of aromatic nitrogens is 1. The zero-order valence-electron chi connectivity index (χ0n) is 10.8. The van der Waals surface area contributed by atoms with Gasteiger partial charge in [0.05, 0.1) is 4.88 Å². The van der Waals surface area contributed by atoms with Crippen LogP contribution in [0.5, 0.6) is 0 Å². The zero-order chi connectivity index (χ0) is 14.9. The van der Waals surface area contributed by atoms with E-state index < -0.39 is 17.7 Å². The van der Waals surface area contributed by atoms with Gasteiger partial charge in [-0.25, -0.2) is 9.37 Å². The number of halogens is 4. The third-order valence-electron chi connectivity index (χ3n) is 2.73. The maximum atomic E-state index is 13.3. The lowest BCUT2D eigenvalue weighted by atomic mass is 10.1. The molecule has 0 aliphatic carbocycles. The predicted octanol–water partition coefficient (Wildman–Crippen LogP) is 4.00. The number of thiazole rings is 1. The van der Waals surface area contributed by atoms with Crippen LogP contribution in [-0.4, -0.2) is 12.0 Å². The molecule has 1 aromatic heterocycles. The highest BCUT2D eigenvalue weighted by Crippen LogP contribution is 2.38. The van der Waals surface area contributed by atoms with E-state index in [0.717, 1.165) is 11.3 Å². The quantitative estimate of drug-likeness (QED) is 0.867. The van der Waals surface area contributed by atoms with Crippen molar-refractivity contribution in [1.82, 2.24) is 10.3 Å². The Morgan fingerprint density at radius 1 is 1.30 bits per heavy atom. The van der Waals surface area contributed by atoms with Crippen LogP contribution in [-0.2, 0) is 12.7 Å². The van der Waals surface area contributed by atoms with E-state index in [0.29, 0.717) is 11.1 Å². The molecule has 0 aliphatic heterocycles. The third-order valence-corrected chi connectivity index (χ3v) is 3.82. The molecule has 0 amide bonds. The van der Waals surface area contributed by atoms with Crippen molar-refractivity contribution in [3.63, 3.8) is 0 Å². The summed E-state index contributed by atoms with van der Waals surface area (Å²) in [6, 6.07) is 4.00. The van der Waals surface area contributed by atoms with E-state index in [1.54, 1.807) is 14.0 Å². The van der Waals surface area contributed by atoms with E-state index >= 15 is 0 Å². The molecule has 7 heteroatoms. The van der Waals surface area contributed by atoms with Gasteiger partial charge in [0.1, 0.15) is 10.8 Å². The largest absolute Gasteiger partial charge is 0.434 e. The first kappa shape index (κ1) is 14.9. The van der Waals surface area contributed by atoms with Crippen LogP contribution in [0.4, 0.5) is 17.6 Å². The van der Waals surface area contributed by atoms with Gasteiger partial charge in [-0.1, -0.05) is 6.07 Å². The molecule has 108 valence electrons. The average molecular weight is 304 g/mol. The number of aryl methyl sites for hydroxylation is 1. The van der Waals surface area contributed by atoms with Crippen molar-refractivity contribution in [2.75, 3.05) is 7.05 Å². The number of alkyl halides is 3. The van der Waals surface area contributed by atoms with E-state index in [4.69, 9.17) is 0 Å². The Morgan fingerprint density at radius 3 is 2.60 bits per heavy atom. The van der Waals surface area contributed by atoms with Crippen LogP contribution in [0.15, 0.2) is 18.2 Å². The highest BCUT2D eigenvalue weighted by atomic mass is 32.1. The molecule has 20 heavy (non-hydrogen) atoms. The maximum Gasteiger partial charge on any atom is 0.434 e. The summed E-state index contributed by atoms with van der Waals surface area (Å²) >= 11 is 0.927. The number of nitrogens with one attached hydrogen (secondary N) is 1. The molecule has 0 saturated carbocycles. The molecule has 2 rings (SSSR count). The third kappa shape index (κ3) is 2.99. The average Bonchev–Trinajstić information content (AvgIpc) is 2.76. The number of benzene rings is 1. The van der Waals surface area contributed by atoms with Crippen molar-refractivity contribution < 1.29 is 17.6 Å². The number of hydrogen-bond donors (Lipinski definition) is 1. The van der Waals surface area contributed by atoms with Crippen LogP contribution in [0.25, 0.3) is 10.6 Å². The van der Waals surface area contributed by atoms with Crippen molar-refractivity contribution in [2.24, 2.45) is 0 Å². The van der Waals surface area contributed by atoms with Gasteiger partial charge in [-0.3, -0.25) is 0 Å². The molecule has 2 nitrogen and oxygen atoms in total. The van der Waals surface area contributed by atoms with Crippen LogP contribution in [0.2, 0.25) is 0 Å². The highest BCUT2D eigenvalue weighted by Gasteiger charge is 2.37. The molecule has 0 fully saturated rings. The van der Waals surface area contributed by atoms with Crippen molar-refractivity contribution in [3.8, 4) is 10.6 Å². The number of rotatable bonds is 3. The van der Waals surface area contributed by atoms with Gasteiger partial charge < -0.3 is 5.32 Å². The molecule has 2 aromatic rings. The lowest BCUT2D eigenvalue weighted by Crippen LogP contribution is -2.12. The first-order valence-corrected chi connectivity index (χ1v) is 6.62. The van der Waals surface area contributed by atoms with E-state index in [-0.39, 0.29) is 16.4 Å². The minimum atomic E-state index is -4.51. The molecule has 0 saturated heterocycles. The van der Waals surface area contributed by atoms with Crippen LogP contribution in [0.1, 0.15) is 16.1 Å². The summed E-state index contributed by atoms with van der Waals surface area (Å²) in [6.45, 7) is 1.78. The summed E-state index contributed by atoms with van der Waals surface area (Å²) in [7, 11) is 1.56. The Kier molecular flexibility index (Phi) is 4.10. The fourth-order valence-corrected chi connectivity index (χ4v) is 2.97. The maximum absolute atomic E-state index is 13.3. The minimum absolute atomic E-state index is 0.0703. The number of nitrogens with zero attached hydrogens (tertiary/aromatic N) is 1. The monoisotopic (exact) mass is 304 g/mol. The van der Waals surface area contributed by atoms with Gasteiger partial charge in [-0.15, -0.1) is 11.3 Å². The van der Waals surface area contributed by atoms with Crippen molar-refractivity contribution in [2.45, 2.75) is 19.6 Å². The normalized spacial score (nSPS) is 11.9. The van der Waals surface area contributed by atoms with Crippen molar-refractivity contribution in [3.05, 3.63) is 40.2 Å². The molecule has 0 unspecified atom stereocenters. The molecular weight excluding hydrogens is 292 g/mol. The molecule has 1 heterocycles. The Labute approximate surface area is 117 Å². The summed E-state index contributed by atoms with van der Waals surface area (Å²) < 4.78 is 52.0.